The van der Waals surface area contributed by atoms with E-state index in [9.17, 15) is 0 Å². The van der Waals surface area contributed by atoms with Crippen molar-refractivity contribution in [2.24, 2.45) is 0 Å². The molecule has 2 aromatic heterocycles. The fourth-order valence-corrected chi connectivity index (χ4v) is 2.01. The number of hydrogen-bond donors (Lipinski definition) is 1. The van der Waals surface area contributed by atoms with E-state index < -0.39 is 0 Å². The van der Waals surface area contributed by atoms with Gasteiger partial charge in [-0.15, -0.1) is 6.42 Å². The Morgan fingerprint density at radius 3 is 2.58 bits per heavy atom. The Kier molecular flexibility index (Phi) is 2.66. The Labute approximate surface area is 115 Å². The van der Waals surface area contributed by atoms with Crippen molar-refractivity contribution >= 4 is 28.4 Å². The van der Waals surface area contributed by atoms with Crippen molar-refractivity contribution in [1.82, 2.24) is 4.98 Å². The topological polar surface area (TPSA) is 52.0 Å². The normalized spacial score (nSPS) is 10.5. The number of nitrogens with two attached hydrogens (primary N) is 1. The maximum absolute atomic E-state index is 5.86. The second-order valence-electron chi connectivity index (χ2n) is 4.05. The molecule has 0 atom stereocenters. The van der Waals surface area contributed by atoms with Crippen molar-refractivity contribution in [2.75, 3.05) is 5.73 Å². The summed E-state index contributed by atoms with van der Waals surface area (Å²) in [6.07, 6.45) is 5.31. The number of pyridine rings is 1. The number of nitrogen functional groups attached to an aromatic ring is 1. The molecule has 4 heteroatoms. The molecule has 19 heavy (non-hydrogen) atoms. The molecule has 2 heterocycles. The highest BCUT2D eigenvalue weighted by atomic mass is 35.5. The van der Waals surface area contributed by atoms with Gasteiger partial charge in [0, 0.05) is 10.6 Å². The van der Waals surface area contributed by atoms with E-state index in [4.69, 9.17) is 28.2 Å². The number of nitrogens with zero attached hydrogens (tertiary/aromatic N) is 1. The zero-order valence-corrected chi connectivity index (χ0v) is 10.6. The molecule has 0 spiro atoms. The summed E-state index contributed by atoms with van der Waals surface area (Å²) in [6, 6.07) is 11.1. The Morgan fingerprint density at radius 1 is 1.16 bits per heavy atom. The highest BCUT2D eigenvalue weighted by Gasteiger charge is 2.11. The summed E-state index contributed by atoms with van der Waals surface area (Å²) in [5.74, 6) is 2.72. The molecule has 0 radical (unpaired) electrons. The minimum Gasteiger partial charge on any atom is -0.427 e. The highest BCUT2D eigenvalue weighted by molar-refractivity contribution is 6.30. The van der Waals surface area contributed by atoms with E-state index in [1.807, 2.05) is 36.4 Å². The molecule has 92 valence electrons. The number of terminal acetylenes is 1. The lowest BCUT2D eigenvalue weighted by Crippen LogP contribution is -1.86. The average molecular weight is 269 g/mol. The van der Waals surface area contributed by atoms with Crippen LogP contribution in [0.3, 0.4) is 0 Å². The Balaban J connectivity index is 2.17. The van der Waals surface area contributed by atoms with E-state index in [2.05, 4.69) is 10.9 Å². The third kappa shape index (κ3) is 1.92. The first-order chi connectivity index (χ1) is 9.19. The van der Waals surface area contributed by atoms with Crippen LogP contribution < -0.4 is 5.73 Å². The van der Waals surface area contributed by atoms with E-state index in [0.717, 1.165) is 16.6 Å². The summed E-state index contributed by atoms with van der Waals surface area (Å²) in [6.45, 7) is 0. The van der Waals surface area contributed by atoms with E-state index in [0.29, 0.717) is 22.2 Å². The van der Waals surface area contributed by atoms with Crippen molar-refractivity contribution in [3.8, 4) is 23.6 Å². The predicted octanol–water partition coefficient (Wildman–Crippen LogP) is 3.71. The Hall–Kier alpha value is -2.44. The van der Waals surface area contributed by atoms with Gasteiger partial charge in [-0.3, -0.25) is 0 Å². The Morgan fingerprint density at radius 2 is 1.89 bits per heavy atom. The number of rotatable bonds is 1. The van der Waals surface area contributed by atoms with Gasteiger partial charge in [-0.1, -0.05) is 23.7 Å². The van der Waals surface area contributed by atoms with Crippen LogP contribution >= 0.6 is 11.6 Å². The smallest absolute Gasteiger partial charge is 0.230 e. The molecule has 0 amide bonds. The number of aromatic nitrogens is 1. The molecule has 3 aromatic rings. The summed E-state index contributed by atoms with van der Waals surface area (Å²) >= 11 is 5.86. The standard InChI is InChI=1S/C15H9ClN2O/c1-2-13-14(17)11-7-8-12(18-15(11)19-13)9-3-5-10(16)6-4-9/h1,3-8H,17H2. The van der Waals surface area contributed by atoms with Gasteiger partial charge in [-0.25, -0.2) is 4.98 Å². The number of furan rings is 1. The highest BCUT2D eigenvalue weighted by Crippen LogP contribution is 2.29. The van der Waals surface area contributed by atoms with Gasteiger partial charge in [0.25, 0.3) is 0 Å². The van der Waals surface area contributed by atoms with Crippen molar-refractivity contribution in [1.29, 1.82) is 0 Å². The molecule has 3 nitrogen and oxygen atoms in total. The molecule has 0 saturated heterocycles. The van der Waals surface area contributed by atoms with Crippen molar-refractivity contribution in [2.45, 2.75) is 0 Å². The van der Waals surface area contributed by atoms with E-state index >= 15 is 0 Å². The van der Waals surface area contributed by atoms with Crippen LogP contribution in [0.25, 0.3) is 22.4 Å². The monoisotopic (exact) mass is 268 g/mol. The molecular weight excluding hydrogens is 260 g/mol. The van der Waals surface area contributed by atoms with Gasteiger partial charge in [-0.2, -0.15) is 0 Å². The van der Waals surface area contributed by atoms with Crippen LogP contribution in [-0.2, 0) is 0 Å². The summed E-state index contributed by atoms with van der Waals surface area (Å²) < 4.78 is 5.44. The van der Waals surface area contributed by atoms with E-state index in [1.165, 1.54) is 0 Å². The fourth-order valence-electron chi connectivity index (χ4n) is 1.89. The second-order valence-corrected chi connectivity index (χ2v) is 4.48. The molecule has 0 saturated carbocycles. The molecule has 0 fully saturated rings. The summed E-state index contributed by atoms with van der Waals surface area (Å²) in [5, 5.41) is 1.41. The lowest BCUT2D eigenvalue weighted by molar-refractivity contribution is 0.591. The van der Waals surface area contributed by atoms with Crippen LogP contribution in [0.4, 0.5) is 5.69 Å². The number of fused-ring (bicyclic) bond motifs is 1. The maximum atomic E-state index is 5.86. The molecule has 3 rings (SSSR count). The third-order valence-corrected chi connectivity index (χ3v) is 3.12. The summed E-state index contributed by atoms with van der Waals surface area (Å²) in [4.78, 5) is 4.42. The van der Waals surface area contributed by atoms with Gasteiger partial charge in [-0.05, 0) is 30.2 Å². The van der Waals surface area contributed by atoms with E-state index in [-0.39, 0.29) is 0 Å². The van der Waals surface area contributed by atoms with Gasteiger partial charge in [0.1, 0.15) is 0 Å². The molecule has 0 unspecified atom stereocenters. The SMILES string of the molecule is C#Cc1oc2nc(-c3ccc(Cl)cc3)ccc2c1N. The van der Waals surface area contributed by atoms with Gasteiger partial charge >= 0.3 is 0 Å². The van der Waals surface area contributed by atoms with Gasteiger partial charge in [0.15, 0.2) is 0 Å². The number of anilines is 1. The fraction of sp³-hybridized carbons (Fsp3) is 0. The number of benzene rings is 1. The van der Waals surface area contributed by atoms with Crippen molar-refractivity contribution < 1.29 is 4.42 Å². The zero-order chi connectivity index (χ0) is 13.4. The number of hydrogen-bond acceptors (Lipinski definition) is 3. The van der Waals surface area contributed by atoms with Crippen LogP contribution in [0.1, 0.15) is 5.76 Å². The zero-order valence-electron chi connectivity index (χ0n) is 9.85. The van der Waals surface area contributed by atoms with Crippen LogP contribution in [0.15, 0.2) is 40.8 Å². The summed E-state index contributed by atoms with van der Waals surface area (Å²) in [5.41, 5.74) is 8.49. The quantitative estimate of drug-likeness (QED) is 0.685. The summed E-state index contributed by atoms with van der Waals surface area (Å²) in [7, 11) is 0. The first-order valence-corrected chi connectivity index (χ1v) is 5.98. The predicted molar refractivity (Wildman–Crippen MR) is 76.8 cm³/mol. The maximum Gasteiger partial charge on any atom is 0.230 e. The molecule has 0 aliphatic heterocycles. The van der Waals surface area contributed by atoms with Crippen molar-refractivity contribution in [3.63, 3.8) is 0 Å². The third-order valence-electron chi connectivity index (χ3n) is 2.86. The van der Waals surface area contributed by atoms with Gasteiger partial charge in [0.05, 0.1) is 16.8 Å². The van der Waals surface area contributed by atoms with Crippen LogP contribution in [0, 0.1) is 12.3 Å². The number of halogens is 1. The first kappa shape index (κ1) is 11.6. The van der Waals surface area contributed by atoms with Crippen LogP contribution in [0.2, 0.25) is 5.02 Å². The molecule has 2 N–H and O–H groups in total. The molecular formula is C15H9ClN2O. The minimum absolute atomic E-state index is 0.316. The lowest BCUT2D eigenvalue weighted by atomic mass is 10.1. The van der Waals surface area contributed by atoms with Crippen molar-refractivity contribution in [3.05, 3.63) is 47.2 Å². The Bertz CT molecular complexity index is 797. The van der Waals surface area contributed by atoms with Crippen LogP contribution in [0.5, 0.6) is 0 Å². The molecule has 1 aromatic carbocycles. The minimum atomic E-state index is 0.316. The van der Waals surface area contributed by atoms with Gasteiger partial charge < -0.3 is 10.2 Å². The van der Waals surface area contributed by atoms with Crippen LogP contribution in [-0.4, -0.2) is 4.98 Å². The largest absolute Gasteiger partial charge is 0.427 e. The molecule has 0 aliphatic rings. The second kappa shape index (κ2) is 4.34. The lowest BCUT2D eigenvalue weighted by Gasteiger charge is -2.00. The van der Waals surface area contributed by atoms with Gasteiger partial charge in [0.2, 0.25) is 11.5 Å². The first-order valence-electron chi connectivity index (χ1n) is 5.60. The average Bonchev–Trinajstić information content (AvgIpc) is 2.76. The van der Waals surface area contributed by atoms with E-state index in [1.54, 1.807) is 0 Å². The molecule has 0 aliphatic carbocycles. The molecule has 0 bridgehead atoms.